The van der Waals surface area contributed by atoms with Gasteiger partial charge in [-0.05, 0) is 37.6 Å². The van der Waals surface area contributed by atoms with E-state index in [0.717, 1.165) is 22.6 Å². The van der Waals surface area contributed by atoms with E-state index in [4.69, 9.17) is 4.74 Å². The molecule has 0 spiro atoms. The minimum atomic E-state index is 0.194. The minimum Gasteiger partial charge on any atom is -0.507 e. The van der Waals surface area contributed by atoms with Crippen LogP contribution in [0.1, 0.15) is 16.7 Å². The van der Waals surface area contributed by atoms with E-state index < -0.39 is 0 Å². The van der Waals surface area contributed by atoms with Crippen molar-refractivity contribution in [3.05, 3.63) is 53.1 Å². The van der Waals surface area contributed by atoms with E-state index in [1.54, 1.807) is 19.4 Å². The number of phenols is 1. The SMILES string of the molecule is COc1c(C)cc(O)c(C=NNc2ccccc2)c1C. The highest BCUT2D eigenvalue weighted by Gasteiger charge is 2.11. The van der Waals surface area contributed by atoms with Crippen LogP contribution in [0.3, 0.4) is 0 Å². The molecule has 0 amide bonds. The van der Waals surface area contributed by atoms with Gasteiger partial charge < -0.3 is 9.84 Å². The van der Waals surface area contributed by atoms with Crippen molar-refractivity contribution in [2.75, 3.05) is 12.5 Å². The number of hydrazone groups is 1. The Morgan fingerprint density at radius 3 is 2.55 bits per heavy atom. The summed E-state index contributed by atoms with van der Waals surface area (Å²) in [4.78, 5) is 0. The lowest BCUT2D eigenvalue weighted by atomic mass is 10.0. The Bertz CT molecular complexity index is 622. The van der Waals surface area contributed by atoms with Crippen molar-refractivity contribution in [3.63, 3.8) is 0 Å². The van der Waals surface area contributed by atoms with Gasteiger partial charge in [0.1, 0.15) is 11.5 Å². The molecule has 0 aliphatic rings. The molecule has 0 aliphatic carbocycles. The Kier molecular flexibility index (Phi) is 4.25. The van der Waals surface area contributed by atoms with Crippen molar-refractivity contribution >= 4 is 11.9 Å². The molecule has 0 bridgehead atoms. The number of aryl methyl sites for hydroxylation is 1. The molecule has 0 aromatic heterocycles. The highest BCUT2D eigenvalue weighted by atomic mass is 16.5. The number of ether oxygens (including phenoxy) is 1. The van der Waals surface area contributed by atoms with E-state index in [1.807, 2.05) is 44.2 Å². The number of hydrogen-bond donors (Lipinski definition) is 2. The fourth-order valence-electron chi connectivity index (χ4n) is 2.12. The van der Waals surface area contributed by atoms with Gasteiger partial charge in [-0.15, -0.1) is 0 Å². The summed E-state index contributed by atoms with van der Waals surface area (Å²) in [6, 6.07) is 11.3. The van der Waals surface area contributed by atoms with Gasteiger partial charge in [0.15, 0.2) is 0 Å². The third-order valence-corrected chi connectivity index (χ3v) is 3.10. The molecule has 4 nitrogen and oxygen atoms in total. The molecule has 0 saturated carbocycles. The van der Waals surface area contributed by atoms with Gasteiger partial charge >= 0.3 is 0 Å². The van der Waals surface area contributed by atoms with E-state index in [2.05, 4.69) is 10.5 Å². The standard InChI is InChI=1S/C16H18N2O2/c1-11-9-15(19)14(12(2)16(11)20-3)10-17-18-13-7-5-4-6-8-13/h4-10,18-19H,1-3H3. The molecule has 2 aromatic carbocycles. The van der Waals surface area contributed by atoms with E-state index in [0.29, 0.717) is 5.56 Å². The maximum absolute atomic E-state index is 10.0. The maximum Gasteiger partial charge on any atom is 0.125 e. The van der Waals surface area contributed by atoms with Crippen molar-refractivity contribution in [2.24, 2.45) is 5.10 Å². The second-order valence-electron chi connectivity index (χ2n) is 4.52. The third kappa shape index (κ3) is 2.91. The van der Waals surface area contributed by atoms with Gasteiger partial charge in [-0.1, -0.05) is 18.2 Å². The summed E-state index contributed by atoms with van der Waals surface area (Å²) in [5.41, 5.74) is 6.22. The molecule has 2 N–H and O–H groups in total. The quantitative estimate of drug-likeness (QED) is 0.660. The first-order valence-electron chi connectivity index (χ1n) is 6.34. The molecular weight excluding hydrogens is 252 g/mol. The summed E-state index contributed by atoms with van der Waals surface area (Å²) in [6.07, 6.45) is 1.60. The van der Waals surface area contributed by atoms with Gasteiger partial charge in [0.25, 0.3) is 0 Å². The highest BCUT2D eigenvalue weighted by Crippen LogP contribution is 2.31. The molecule has 0 atom stereocenters. The molecule has 0 aliphatic heterocycles. The van der Waals surface area contributed by atoms with E-state index in [1.165, 1.54) is 0 Å². The molecule has 0 unspecified atom stereocenters. The van der Waals surface area contributed by atoms with E-state index >= 15 is 0 Å². The first-order chi connectivity index (χ1) is 9.63. The van der Waals surface area contributed by atoms with Crippen LogP contribution in [0.5, 0.6) is 11.5 Å². The first-order valence-corrected chi connectivity index (χ1v) is 6.34. The highest BCUT2D eigenvalue weighted by molar-refractivity contribution is 5.87. The summed E-state index contributed by atoms with van der Waals surface area (Å²) >= 11 is 0. The second-order valence-corrected chi connectivity index (χ2v) is 4.52. The van der Waals surface area contributed by atoms with Crippen molar-refractivity contribution in [2.45, 2.75) is 13.8 Å². The Morgan fingerprint density at radius 1 is 1.20 bits per heavy atom. The number of nitrogens with zero attached hydrogens (tertiary/aromatic N) is 1. The molecule has 4 heteroatoms. The fourth-order valence-corrected chi connectivity index (χ4v) is 2.12. The molecule has 0 radical (unpaired) electrons. The van der Waals surface area contributed by atoms with Crippen LogP contribution in [0.15, 0.2) is 41.5 Å². The van der Waals surface area contributed by atoms with Crippen LogP contribution >= 0.6 is 0 Å². The van der Waals surface area contributed by atoms with Crippen molar-refractivity contribution in [3.8, 4) is 11.5 Å². The van der Waals surface area contributed by atoms with Gasteiger partial charge in [0, 0.05) is 11.1 Å². The summed E-state index contributed by atoms with van der Waals surface area (Å²) in [5.74, 6) is 0.961. The molecule has 0 fully saturated rings. The summed E-state index contributed by atoms with van der Waals surface area (Å²) in [5, 5.41) is 14.2. The lowest BCUT2D eigenvalue weighted by Gasteiger charge is -2.12. The van der Waals surface area contributed by atoms with Gasteiger partial charge in [0.05, 0.1) is 19.0 Å². The number of nitrogens with one attached hydrogen (secondary N) is 1. The largest absolute Gasteiger partial charge is 0.507 e. The number of phenolic OH excluding ortho intramolecular Hbond substituents is 1. The van der Waals surface area contributed by atoms with Gasteiger partial charge in [0.2, 0.25) is 0 Å². The number of hydrogen-bond acceptors (Lipinski definition) is 4. The summed E-state index contributed by atoms with van der Waals surface area (Å²) in [6.45, 7) is 3.80. The second kappa shape index (κ2) is 6.10. The monoisotopic (exact) mass is 270 g/mol. The number of anilines is 1. The Hall–Kier alpha value is -2.49. The van der Waals surface area contributed by atoms with Crippen molar-refractivity contribution in [1.82, 2.24) is 0 Å². The van der Waals surface area contributed by atoms with E-state index in [-0.39, 0.29) is 5.75 Å². The van der Waals surface area contributed by atoms with Crippen molar-refractivity contribution in [1.29, 1.82) is 0 Å². The number of methoxy groups -OCH3 is 1. The molecule has 104 valence electrons. The average molecular weight is 270 g/mol. The lowest BCUT2D eigenvalue weighted by molar-refractivity contribution is 0.405. The third-order valence-electron chi connectivity index (χ3n) is 3.10. The number of aromatic hydroxyl groups is 1. The normalized spacial score (nSPS) is 10.8. The van der Waals surface area contributed by atoms with Gasteiger partial charge in [-0.25, -0.2) is 0 Å². The smallest absolute Gasteiger partial charge is 0.125 e. The number of benzene rings is 2. The van der Waals surface area contributed by atoms with Crippen LogP contribution in [0, 0.1) is 13.8 Å². The zero-order chi connectivity index (χ0) is 14.5. The predicted octanol–water partition coefficient (Wildman–Crippen LogP) is 3.46. The van der Waals surface area contributed by atoms with Crippen LogP contribution in [-0.4, -0.2) is 18.4 Å². The van der Waals surface area contributed by atoms with Crippen LogP contribution in [-0.2, 0) is 0 Å². The van der Waals surface area contributed by atoms with Crippen molar-refractivity contribution < 1.29 is 9.84 Å². The van der Waals surface area contributed by atoms with Gasteiger partial charge in [-0.2, -0.15) is 5.10 Å². The van der Waals surface area contributed by atoms with Crippen LogP contribution in [0.4, 0.5) is 5.69 Å². The molecule has 2 rings (SSSR count). The molecule has 20 heavy (non-hydrogen) atoms. The topological polar surface area (TPSA) is 53.9 Å². The molecule has 0 heterocycles. The Labute approximate surface area is 118 Å². The Balaban J connectivity index is 2.25. The van der Waals surface area contributed by atoms with E-state index in [9.17, 15) is 5.11 Å². The summed E-state index contributed by atoms with van der Waals surface area (Å²) < 4.78 is 5.34. The van der Waals surface area contributed by atoms with Crippen LogP contribution in [0.25, 0.3) is 0 Å². The molecule has 2 aromatic rings. The number of para-hydroxylation sites is 1. The number of rotatable bonds is 4. The zero-order valence-corrected chi connectivity index (χ0v) is 11.8. The lowest BCUT2D eigenvalue weighted by Crippen LogP contribution is -1.98. The predicted molar refractivity (Wildman–Crippen MR) is 81.8 cm³/mol. The van der Waals surface area contributed by atoms with Gasteiger partial charge in [-0.3, -0.25) is 5.43 Å². The summed E-state index contributed by atoms with van der Waals surface area (Å²) in [7, 11) is 1.62. The van der Waals surface area contributed by atoms with Crippen LogP contribution in [0.2, 0.25) is 0 Å². The minimum absolute atomic E-state index is 0.194. The Morgan fingerprint density at radius 2 is 1.90 bits per heavy atom. The maximum atomic E-state index is 10.0. The zero-order valence-electron chi connectivity index (χ0n) is 11.8. The molecular formula is C16H18N2O2. The van der Waals surface area contributed by atoms with Crippen LogP contribution < -0.4 is 10.2 Å². The first kappa shape index (κ1) is 13.9. The fraction of sp³-hybridized carbons (Fsp3) is 0.188. The molecule has 0 saturated heterocycles. The average Bonchev–Trinajstić information content (AvgIpc) is 2.44.